The smallest absolute Gasteiger partial charge is 0.257 e. The number of hydrogen-bond acceptors (Lipinski definition) is 3. The van der Waals surface area contributed by atoms with Crippen LogP contribution in [-0.2, 0) is 13.0 Å². The summed E-state index contributed by atoms with van der Waals surface area (Å²) in [5, 5.41) is 0. The largest absolute Gasteiger partial charge is 0.467 e. The Morgan fingerprint density at radius 2 is 1.88 bits per heavy atom. The van der Waals surface area contributed by atoms with Gasteiger partial charge >= 0.3 is 0 Å². The highest BCUT2D eigenvalue weighted by Gasteiger charge is 2.29. The lowest BCUT2D eigenvalue weighted by Gasteiger charge is -2.25. The van der Waals surface area contributed by atoms with Crippen LogP contribution in [0.15, 0.2) is 41.0 Å². The Hall–Kier alpha value is -2.23. The van der Waals surface area contributed by atoms with E-state index in [1.54, 1.807) is 6.26 Å². The van der Waals surface area contributed by atoms with E-state index in [0.717, 1.165) is 43.7 Å². The fourth-order valence-corrected chi connectivity index (χ4v) is 4.12. The van der Waals surface area contributed by atoms with Crippen LogP contribution in [0.4, 0.5) is 5.69 Å². The average molecular weight is 338 g/mol. The van der Waals surface area contributed by atoms with Gasteiger partial charge in [-0.25, -0.2) is 0 Å². The van der Waals surface area contributed by atoms with Gasteiger partial charge in [-0.15, -0.1) is 0 Å². The summed E-state index contributed by atoms with van der Waals surface area (Å²) >= 11 is 0. The molecule has 1 amide bonds. The Labute approximate surface area is 149 Å². The second kappa shape index (κ2) is 6.95. The first-order valence-electron chi connectivity index (χ1n) is 9.44. The van der Waals surface area contributed by atoms with E-state index in [1.807, 2.05) is 11.0 Å². The number of carbonyl (C=O) groups is 1. The highest BCUT2D eigenvalue weighted by molar-refractivity contribution is 5.95. The van der Waals surface area contributed by atoms with E-state index in [1.165, 1.54) is 24.1 Å². The van der Waals surface area contributed by atoms with Crippen LogP contribution in [-0.4, -0.2) is 29.9 Å². The van der Waals surface area contributed by atoms with Crippen molar-refractivity contribution in [2.24, 2.45) is 0 Å². The Balaban J connectivity index is 1.55. The predicted molar refractivity (Wildman–Crippen MR) is 98.9 cm³/mol. The van der Waals surface area contributed by atoms with Crippen molar-refractivity contribution in [1.82, 2.24) is 4.90 Å². The number of amides is 1. The van der Waals surface area contributed by atoms with Crippen LogP contribution in [0, 0.1) is 0 Å². The maximum Gasteiger partial charge on any atom is 0.257 e. The zero-order chi connectivity index (χ0) is 17.2. The minimum Gasteiger partial charge on any atom is -0.467 e. The first-order valence-corrected chi connectivity index (χ1v) is 9.44. The summed E-state index contributed by atoms with van der Waals surface area (Å²) in [6, 6.07) is 10.8. The first kappa shape index (κ1) is 16.2. The van der Waals surface area contributed by atoms with Crippen molar-refractivity contribution in [3.8, 4) is 0 Å². The Bertz CT molecular complexity index is 744. The number of anilines is 1. The molecular formula is C21H26N2O2. The lowest BCUT2D eigenvalue weighted by atomic mass is 10.1. The molecule has 132 valence electrons. The number of furan rings is 1. The van der Waals surface area contributed by atoms with Crippen LogP contribution < -0.4 is 4.90 Å². The third-order valence-electron chi connectivity index (χ3n) is 5.53. The third kappa shape index (κ3) is 3.17. The summed E-state index contributed by atoms with van der Waals surface area (Å²) in [5.74, 6) is 0.920. The third-order valence-corrected chi connectivity index (χ3v) is 5.53. The van der Waals surface area contributed by atoms with Crippen LogP contribution in [0.25, 0.3) is 0 Å². The molecule has 2 aliphatic heterocycles. The van der Waals surface area contributed by atoms with Crippen molar-refractivity contribution < 1.29 is 9.21 Å². The fourth-order valence-electron chi connectivity index (χ4n) is 4.12. The normalized spacial score (nSPS) is 20.4. The van der Waals surface area contributed by atoms with Crippen molar-refractivity contribution in [3.63, 3.8) is 0 Å². The van der Waals surface area contributed by atoms with Gasteiger partial charge in [0.1, 0.15) is 5.76 Å². The molecule has 3 heterocycles. The van der Waals surface area contributed by atoms with Gasteiger partial charge < -0.3 is 14.2 Å². The molecule has 2 aromatic rings. The van der Waals surface area contributed by atoms with Gasteiger partial charge in [0, 0.05) is 24.8 Å². The monoisotopic (exact) mass is 338 g/mol. The molecule has 0 saturated carbocycles. The Morgan fingerprint density at radius 3 is 2.68 bits per heavy atom. The molecule has 4 rings (SSSR count). The molecule has 1 fully saturated rings. The maximum absolute atomic E-state index is 13.0. The van der Waals surface area contributed by atoms with Crippen LogP contribution in [0.5, 0.6) is 0 Å². The molecular weight excluding hydrogens is 312 g/mol. The Morgan fingerprint density at radius 1 is 1.12 bits per heavy atom. The summed E-state index contributed by atoms with van der Waals surface area (Å²) in [7, 11) is 0. The number of fused-ring (bicyclic) bond motifs is 1. The molecule has 1 unspecified atom stereocenters. The van der Waals surface area contributed by atoms with Crippen molar-refractivity contribution in [1.29, 1.82) is 0 Å². The lowest BCUT2D eigenvalue weighted by Crippen LogP contribution is -2.33. The van der Waals surface area contributed by atoms with Gasteiger partial charge in [0.15, 0.2) is 0 Å². The molecule has 4 nitrogen and oxygen atoms in total. The zero-order valence-electron chi connectivity index (χ0n) is 14.9. The van der Waals surface area contributed by atoms with Crippen LogP contribution >= 0.6 is 0 Å². The van der Waals surface area contributed by atoms with Gasteiger partial charge in [0.05, 0.1) is 18.4 Å². The van der Waals surface area contributed by atoms with Crippen LogP contribution in [0.3, 0.4) is 0 Å². The van der Waals surface area contributed by atoms with E-state index >= 15 is 0 Å². The molecule has 0 radical (unpaired) electrons. The van der Waals surface area contributed by atoms with E-state index in [2.05, 4.69) is 36.1 Å². The van der Waals surface area contributed by atoms with E-state index in [9.17, 15) is 4.79 Å². The number of rotatable bonds is 3. The van der Waals surface area contributed by atoms with E-state index in [-0.39, 0.29) is 5.91 Å². The van der Waals surface area contributed by atoms with Crippen LogP contribution in [0.2, 0.25) is 0 Å². The molecule has 0 bridgehead atoms. The van der Waals surface area contributed by atoms with Crippen molar-refractivity contribution in [2.75, 3.05) is 18.0 Å². The fraction of sp³-hybridized carbons (Fsp3) is 0.476. The first-order chi connectivity index (χ1) is 12.2. The minimum absolute atomic E-state index is 0.130. The summed E-state index contributed by atoms with van der Waals surface area (Å²) < 4.78 is 5.74. The van der Waals surface area contributed by atoms with Gasteiger partial charge in [-0.2, -0.15) is 0 Å². The molecule has 1 aromatic carbocycles. The van der Waals surface area contributed by atoms with Crippen molar-refractivity contribution in [2.45, 2.75) is 51.6 Å². The molecule has 1 atom stereocenters. The predicted octanol–water partition coefficient (Wildman–Crippen LogP) is 4.25. The van der Waals surface area contributed by atoms with E-state index in [0.29, 0.717) is 12.6 Å². The van der Waals surface area contributed by atoms with Crippen molar-refractivity contribution >= 4 is 11.6 Å². The molecule has 0 spiro atoms. The number of carbonyl (C=O) groups excluding carboxylic acids is 1. The van der Waals surface area contributed by atoms with Gasteiger partial charge in [-0.3, -0.25) is 4.79 Å². The summed E-state index contributed by atoms with van der Waals surface area (Å²) in [4.78, 5) is 17.3. The number of benzene rings is 1. The quantitative estimate of drug-likeness (QED) is 0.839. The lowest BCUT2D eigenvalue weighted by molar-refractivity contribution is 0.0759. The van der Waals surface area contributed by atoms with Gasteiger partial charge in [0.2, 0.25) is 0 Å². The van der Waals surface area contributed by atoms with Crippen LogP contribution in [0.1, 0.15) is 54.3 Å². The maximum atomic E-state index is 13.0. The second-order valence-corrected chi connectivity index (χ2v) is 7.27. The SMILES string of the molecule is CC1Cc2ccccc2N1Cc1occc1C(=O)N1CCCCCC1. The Kier molecular flexibility index (Phi) is 4.51. The molecule has 1 saturated heterocycles. The molecule has 25 heavy (non-hydrogen) atoms. The number of hydrogen-bond donors (Lipinski definition) is 0. The minimum atomic E-state index is 0.130. The highest BCUT2D eigenvalue weighted by atomic mass is 16.3. The van der Waals surface area contributed by atoms with Gasteiger partial charge in [-0.05, 0) is 43.9 Å². The number of nitrogens with zero attached hydrogens (tertiary/aromatic N) is 2. The molecule has 0 N–H and O–H groups in total. The summed E-state index contributed by atoms with van der Waals surface area (Å²) in [6.45, 7) is 4.62. The summed E-state index contributed by atoms with van der Waals surface area (Å²) in [6.07, 6.45) is 7.37. The highest BCUT2D eigenvalue weighted by Crippen LogP contribution is 2.33. The topological polar surface area (TPSA) is 36.7 Å². The molecule has 0 aliphatic carbocycles. The molecule has 4 heteroatoms. The summed E-state index contributed by atoms with van der Waals surface area (Å²) in [5.41, 5.74) is 3.38. The zero-order valence-corrected chi connectivity index (χ0v) is 14.9. The molecule has 1 aromatic heterocycles. The van der Waals surface area contributed by atoms with Crippen molar-refractivity contribution in [3.05, 3.63) is 53.5 Å². The molecule has 2 aliphatic rings. The standard InChI is InChI=1S/C21H26N2O2/c1-16-14-17-8-4-5-9-19(17)23(16)15-20-18(10-13-25-20)21(24)22-11-6-2-3-7-12-22/h4-5,8-10,13,16H,2-3,6-7,11-12,14-15H2,1H3. The van der Waals surface area contributed by atoms with E-state index in [4.69, 9.17) is 4.42 Å². The van der Waals surface area contributed by atoms with E-state index < -0.39 is 0 Å². The van der Waals surface area contributed by atoms with Gasteiger partial charge in [0.25, 0.3) is 5.91 Å². The number of para-hydroxylation sites is 1. The second-order valence-electron chi connectivity index (χ2n) is 7.27. The number of likely N-dealkylation sites (tertiary alicyclic amines) is 1. The average Bonchev–Trinajstić information content (AvgIpc) is 3.09. The van der Waals surface area contributed by atoms with Gasteiger partial charge in [-0.1, -0.05) is 31.0 Å².